The molecule has 0 amide bonds. The summed E-state index contributed by atoms with van der Waals surface area (Å²) in [4.78, 5) is 10.6. The number of benzene rings is 1. The molecule has 5 heteroatoms. The summed E-state index contributed by atoms with van der Waals surface area (Å²) in [6.45, 7) is 4.85. The molecule has 0 spiro atoms. The Labute approximate surface area is 99.7 Å². The molecule has 2 unspecified atom stereocenters. The van der Waals surface area contributed by atoms with Crippen LogP contribution < -0.4 is 4.74 Å². The van der Waals surface area contributed by atoms with Crippen molar-refractivity contribution in [1.82, 2.24) is 0 Å². The SMILES string of the molecule is CCOc1cc(C2OCC(C)O2)ccc1N=O. The molecular formula is C12H15NO4. The van der Waals surface area contributed by atoms with Gasteiger partial charge in [0.2, 0.25) is 0 Å². The maximum absolute atomic E-state index is 10.6. The Bertz CT molecular complexity index is 407. The normalized spacial score (nSPS) is 23.6. The number of rotatable bonds is 4. The third-order valence-corrected chi connectivity index (χ3v) is 2.49. The summed E-state index contributed by atoms with van der Waals surface area (Å²) >= 11 is 0. The number of nitrogens with zero attached hydrogens (tertiary/aromatic N) is 1. The highest BCUT2D eigenvalue weighted by Crippen LogP contribution is 2.34. The van der Waals surface area contributed by atoms with Crippen LogP contribution in [0.15, 0.2) is 23.4 Å². The molecule has 17 heavy (non-hydrogen) atoms. The van der Waals surface area contributed by atoms with Crippen LogP contribution in [0.25, 0.3) is 0 Å². The quantitative estimate of drug-likeness (QED) is 0.755. The molecule has 0 bridgehead atoms. The Morgan fingerprint density at radius 2 is 2.35 bits per heavy atom. The molecule has 92 valence electrons. The zero-order valence-corrected chi connectivity index (χ0v) is 9.88. The van der Waals surface area contributed by atoms with Gasteiger partial charge in [0.15, 0.2) is 6.29 Å². The van der Waals surface area contributed by atoms with E-state index in [1.165, 1.54) is 0 Å². The van der Waals surface area contributed by atoms with Crippen LogP contribution in [-0.2, 0) is 9.47 Å². The second kappa shape index (κ2) is 5.25. The Hall–Kier alpha value is -1.46. The number of hydrogen-bond donors (Lipinski definition) is 0. The summed E-state index contributed by atoms with van der Waals surface area (Å²) in [7, 11) is 0. The summed E-state index contributed by atoms with van der Waals surface area (Å²) in [6, 6.07) is 5.12. The van der Waals surface area contributed by atoms with E-state index in [0.29, 0.717) is 24.7 Å². The fourth-order valence-corrected chi connectivity index (χ4v) is 1.71. The summed E-state index contributed by atoms with van der Waals surface area (Å²) in [6.07, 6.45) is -0.302. The van der Waals surface area contributed by atoms with Gasteiger partial charge in [0.25, 0.3) is 0 Å². The van der Waals surface area contributed by atoms with E-state index in [2.05, 4.69) is 5.18 Å². The van der Waals surface area contributed by atoms with Crippen LogP contribution in [0.1, 0.15) is 25.7 Å². The lowest BCUT2D eigenvalue weighted by atomic mass is 10.2. The molecule has 1 aliphatic rings. The summed E-state index contributed by atoms with van der Waals surface area (Å²) in [5.74, 6) is 0.465. The first-order chi connectivity index (χ1) is 8.24. The van der Waals surface area contributed by atoms with Gasteiger partial charge in [0.05, 0.1) is 19.3 Å². The fourth-order valence-electron chi connectivity index (χ4n) is 1.71. The topological polar surface area (TPSA) is 57.1 Å². The van der Waals surface area contributed by atoms with E-state index >= 15 is 0 Å². The molecule has 1 aromatic carbocycles. The smallest absolute Gasteiger partial charge is 0.184 e. The minimum Gasteiger partial charge on any atom is -0.491 e. The summed E-state index contributed by atoms with van der Waals surface area (Å²) in [5, 5.41) is 2.92. The molecule has 0 aromatic heterocycles. The van der Waals surface area contributed by atoms with Crippen molar-refractivity contribution in [3.8, 4) is 5.75 Å². The average molecular weight is 237 g/mol. The molecule has 2 rings (SSSR count). The van der Waals surface area contributed by atoms with Gasteiger partial charge < -0.3 is 14.2 Å². The monoisotopic (exact) mass is 237 g/mol. The van der Waals surface area contributed by atoms with Gasteiger partial charge in [-0.05, 0) is 31.2 Å². The van der Waals surface area contributed by atoms with Gasteiger partial charge >= 0.3 is 0 Å². The van der Waals surface area contributed by atoms with Gasteiger partial charge in [-0.2, -0.15) is 0 Å². The first-order valence-electron chi connectivity index (χ1n) is 5.61. The molecule has 2 atom stereocenters. The summed E-state index contributed by atoms with van der Waals surface area (Å²) in [5.41, 5.74) is 1.13. The highest BCUT2D eigenvalue weighted by Gasteiger charge is 2.24. The zero-order chi connectivity index (χ0) is 12.3. The number of ether oxygens (including phenoxy) is 3. The molecule has 1 saturated heterocycles. The van der Waals surface area contributed by atoms with Crippen LogP contribution in [0.3, 0.4) is 0 Å². The Balaban J connectivity index is 2.23. The van der Waals surface area contributed by atoms with E-state index in [1.807, 2.05) is 13.8 Å². The van der Waals surface area contributed by atoms with Gasteiger partial charge in [-0.3, -0.25) is 0 Å². The second-order valence-electron chi connectivity index (χ2n) is 3.86. The van der Waals surface area contributed by atoms with Crippen molar-refractivity contribution in [3.63, 3.8) is 0 Å². The first-order valence-corrected chi connectivity index (χ1v) is 5.61. The molecule has 1 fully saturated rings. The van der Waals surface area contributed by atoms with Crippen molar-refractivity contribution in [2.24, 2.45) is 5.18 Å². The predicted molar refractivity (Wildman–Crippen MR) is 62.3 cm³/mol. The first kappa shape index (κ1) is 12.0. The van der Waals surface area contributed by atoms with Crippen LogP contribution >= 0.6 is 0 Å². The zero-order valence-electron chi connectivity index (χ0n) is 9.88. The van der Waals surface area contributed by atoms with Crippen molar-refractivity contribution >= 4 is 5.69 Å². The molecule has 5 nitrogen and oxygen atoms in total. The van der Waals surface area contributed by atoms with Crippen LogP contribution in [0.2, 0.25) is 0 Å². The third kappa shape index (κ3) is 2.62. The highest BCUT2D eigenvalue weighted by molar-refractivity contribution is 5.53. The Morgan fingerprint density at radius 3 is 2.94 bits per heavy atom. The van der Waals surface area contributed by atoms with Crippen molar-refractivity contribution in [3.05, 3.63) is 28.7 Å². The molecular weight excluding hydrogens is 222 g/mol. The predicted octanol–water partition coefficient (Wildman–Crippen LogP) is 2.92. The van der Waals surface area contributed by atoms with Crippen LogP contribution in [0.5, 0.6) is 5.75 Å². The van der Waals surface area contributed by atoms with E-state index in [9.17, 15) is 4.91 Å². The van der Waals surface area contributed by atoms with E-state index in [1.54, 1.807) is 18.2 Å². The molecule has 0 saturated carbocycles. The third-order valence-electron chi connectivity index (χ3n) is 2.49. The van der Waals surface area contributed by atoms with Crippen molar-refractivity contribution in [1.29, 1.82) is 0 Å². The van der Waals surface area contributed by atoms with Gasteiger partial charge in [0, 0.05) is 5.56 Å². The van der Waals surface area contributed by atoms with Gasteiger partial charge in [-0.1, -0.05) is 6.07 Å². The fraction of sp³-hybridized carbons (Fsp3) is 0.500. The van der Waals surface area contributed by atoms with Crippen molar-refractivity contribution in [2.75, 3.05) is 13.2 Å². The lowest BCUT2D eigenvalue weighted by Crippen LogP contribution is -2.03. The lowest BCUT2D eigenvalue weighted by molar-refractivity contribution is -0.0573. The lowest BCUT2D eigenvalue weighted by Gasteiger charge is -2.12. The van der Waals surface area contributed by atoms with E-state index in [-0.39, 0.29) is 12.4 Å². The highest BCUT2D eigenvalue weighted by atomic mass is 16.7. The van der Waals surface area contributed by atoms with Gasteiger partial charge in [-0.15, -0.1) is 4.91 Å². The molecule has 0 radical (unpaired) electrons. The standard InChI is InChI=1S/C12H15NO4/c1-3-15-11-6-9(4-5-10(11)13-14)12-16-7-8(2)17-12/h4-6,8,12H,3,7H2,1-2H3. The maximum Gasteiger partial charge on any atom is 0.184 e. The van der Waals surface area contributed by atoms with Crippen LogP contribution in [-0.4, -0.2) is 19.3 Å². The van der Waals surface area contributed by atoms with E-state index < -0.39 is 0 Å². The average Bonchev–Trinajstić information content (AvgIpc) is 2.76. The second-order valence-corrected chi connectivity index (χ2v) is 3.86. The molecule has 0 aliphatic carbocycles. The molecule has 1 aliphatic heterocycles. The Kier molecular flexibility index (Phi) is 3.71. The summed E-state index contributed by atoms with van der Waals surface area (Å²) < 4.78 is 16.4. The molecule has 1 heterocycles. The van der Waals surface area contributed by atoms with Gasteiger partial charge in [-0.25, -0.2) is 0 Å². The minimum atomic E-state index is -0.384. The Morgan fingerprint density at radius 1 is 1.53 bits per heavy atom. The molecule has 0 N–H and O–H groups in total. The minimum absolute atomic E-state index is 0.0828. The number of nitroso groups, excluding NO2 is 1. The van der Waals surface area contributed by atoms with Crippen LogP contribution in [0, 0.1) is 4.91 Å². The van der Waals surface area contributed by atoms with Gasteiger partial charge in [0.1, 0.15) is 11.4 Å². The van der Waals surface area contributed by atoms with Crippen LogP contribution in [0.4, 0.5) is 5.69 Å². The number of hydrogen-bond acceptors (Lipinski definition) is 5. The van der Waals surface area contributed by atoms with Crippen molar-refractivity contribution in [2.45, 2.75) is 26.2 Å². The molecule has 1 aromatic rings. The van der Waals surface area contributed by atoms with Crippen molar-refractivity contribution < 1.29 is 14.2 Å². The van der Waals surface area contributed by atoms with E-state index in [4.69, 9.17) is 14.2 Å². The van der Waals surface area contributed by atoms with E-state index in [0.717, 1.165) is 5.56 Å². The largest absolute Gasteiger partial charge is 0.491 e. The maximum atomic E-state index is 10.6.